The van der Waals surface area contributed by atoms with Crippen LogP contribution in [0.4, 0.5) is 5.82 Å². The second-order valence-corrected chi connectivity index (χ2v) is 7.19. The van der Waals surface area contributed by atoms with Gasteiger partial charge in [0.05, 0.1) is 12.7 Å². The topological polar surface area (TPSA) is 74.7 Å². The lowest BCUT2D eigenvalue weighted by Gasteiger charge is -2.37. The van der Waals surface area contributed by atoms with Crippen LogP contribution in [0.5, 0.6) is 5.88 Å². The number of carbonyl (C=O) groups is 1. The second kappa shape index (κ2) is 8.97. The molecule has 4 heterocycles. The fraction of sp³-hybridized carbons (Fsp3) is 0.500. The number of piperazine rings is 1. The smallest absolute Gasteiger partial charge is 0.236 e. The maximum absolute atomic E-state index is 12.7. The Morgan fingerprint density at radius 1 is 1.00 bits per heavy atom. The Kier molecular flexibility index (Phi) is 5.96. The molecule has 0 N–H and O–H groups in total. The molecule has 8 nitrogen and oxygen atoms in total. The SMILES string of the molecule is O=C(CN1CCC(Oc2cnccn2)CC1)N1CCN(c2ccccn2)CC1. The number of anilines is 1. The molecule has 2 aliphatic rings. The summed E-state index contributed by atoms with van der Waals surface area (Å²) in [4.78, 5) is 31.7. The van der Waals surface area contributed by atoms with Crippen LogP contribution in [0.1, 0.15) is 12.8 Å². The van der Waals surface area contributed by atoms with Gasteiger partial charge in [0, 0.05) is 57.9 Å². The Bertz CT molecular complexity index is 744. The summed E-state index contributed by atoms with van der Waals surface area (Å²) < 4.78 is 5.87. The standard InChI is InChI=1S/C20H26N6O2/c27-20(26-13-11-25(12-14-26)18-3-1-2-6-22-18)16-24-9-4-17(5-10-24)28-19-15-21-7-8-23-19/h1-3,6-8,15,17H,4-5,9-14,16H2. The number of likely N-dealkylation sites (tertiary alicyclic amines) is 1. The van der Waals surface area contributed by atoms with E-state index < -0.39 is 0 Å². The highest BCUT2D eigenvalue weighted by molar-refractivity contribution is 5.78. The Morgan fingerprint density at radius 2 is 1.82 bits per heavy atom. The molecule has 0 saturated carbocycles. The first-order valence-electron chi connectivity index (χ1n) is 9.87. The van der Waals surface area contributed by atoms with Gasteiger partial charge in [-0.3, -0.25) is 14.7 Å². The minimum atomic E-state index is 0.143. The number of hydrogen-bond donors (Lipinski definition) is 0. The number of carbonyl (C=O) groups excluding carboxylic acids is 1. The summed E-state index contributed by atoms with van der Waals surface area (Å²) in [6.45, 7) is 5.38. The number of pyridine rings is 1. The van der Waals surface area contributed by atoms with E-state index in [0.29, 0.717) is 12.4 Å². The summed E-state index contributed by atoms with van der Waals surface area (Å²) in [5.41, 5.74) is 0. The summed E-state index contributed by atoms with van der Waals surface area (Å²) in [6, 6.07) is 5.94. The van der Waals surface area contributed by atoms with Gasteiger partial charge in [-0.05, 0) is 25.0 Å². The molecule has 0 spiro atoms. The predicted molar refractivity (Wildman–Crippen MR) is 105 cm³/mol. The van der Waals surface area contributed by atoms with Crippen molar-refractivity contribution >= 4 is 11.7 Å². The first-order chi connectivity index (χ1) is 13.8. The number of rotatable bonds is 5. The number of amides is 1. The largest absolute Gasteiger partial charge is 0.473 e. The molecule has 0 aromatic carbocycles. The number of ether oxygens (including phenoxy) is 1. The van der Waals surface area contributed by atoms with Crippen LogP contribution < -0.4 is 9.64 Å². The third-order valence-electron chi connectivity index (χ3n) is 5.33. The molecule has 4 rings (SSSR count). The van der Waals surface area contributed by atoms with E-state index in [1.165, 1.54) is 0 Å². The van der Waals surface area contributed by atoms with E-state index in [4.69, 9.17) is 4.74 Å². The van der Waals surface area contributed by atoms with Gasteiger partial charge in [-0.2, -0.15) is 0 Å². The highest BCUT2D eigenvalue weighted by Gasteiger charge is 2.26. The third-order valence-corrected chi connectivity index (χ3v) is 5.33. The number of hydrogen-bond acceptors (Lipinski definition) is 7. The molecule has 2 aliphatic heterocycles. The van der Waals surface area contributed by atoms with Crippen molar-refractivity contribution in [2.24, 2.45) is 0 Å². The number of piperidine rings is 1. The maximum Gasteiger partial charge on any atom is 0.236 e. The molecule has 0 unspecified atom stereocenters. The maximum atomic E-state index is 12.7. The molecule has 0 aliphatic carbocycles. The number of nitrogens with zero attached hydrogens (tertiary/aromatic N) is 6. The van der Waals surface area contributed by atoms with E-state index in [0.717, 1.165) is 57.9 Å². The van der Waals surface area contributed by atoms with E-state index in [1.54, 1.807) is 18.6 Å². The van der Waals surface area contributed by atoms with Gasteiger partial charge in [-0.15, -0.1) is 0 Å². The molecule has 1 amide bonds. The molecule has 28 heavy (non-hydrogen) atoms. The van der Waals surface area contributed by atoms with Crippen LogP contribution >= 0.6 is 0 Å². The van der Waals surface area contributed by atoms with Crippen LogP contribution in [0.15, 0.2) is 43.0 Å². The zero-order valence-electron chi connectivity index (χ0n) is 16.0. The summed E-state index contributed by atoms with van der Waals surface area (Å²) in [5, 5.41) is 0. The van der Waals surface area contributed by atoms with Crippen LogP contribution in [0.25, 0.3) is 0 Å². The van der Waals surface area contributed by atoms with Crippen molar-refractivity contribution in [1.29, 1.82) is 0 Å². The van der Waals surface area contributed by atoms with E-state index >= 15 is 0 Å². The quantitative estimate of drug-likeness (QED) is 0.766. The first kappa shape index (κ1) is 18.6. The predicted octanol–water partition coefficient (Wildman–Crippen LogP) is 1.06. The van der Waals surface area contributed by atoms with Gasteiger partial charge in [0.25, 0.3) is 0 Å². The van der Waals surface area contributed by atoms with Crippen LogP contribution in [0.3, 0.4) is 0 Å². The molecular weight excluding hydrogens is 356 g/mol. The zero-order chi connectivity index (χ0) is 19.2. The van der Waals surface area contributed by atoms with Crippen LogP contribution in [0.2, 0.25) is 0 Å². The minimum absolute atomic E-state index is 0.143. The summed E-state index contributed by atoms with van der Waals surface area (Å²) in [7, 11) is 0. The third kappa shape index (κ3) is 4.75. The van der Waals surface area contributed by atoms with Crippen molar-refractivity contribution in [3.63, 3.8) is 0 Å². The molecule has 0 radical (unpaired) electrons. The average molecular weight is 382 g/mol. The summed E-state index contributed by atoms with van der Waals surface area (Å²) in [5.74, 6) is 1.77. The Hall–Kier alpha value is -2.74. The van der Waals surface area contributed by atoms with Crippen LogP contribution in [-0.2, 0) is 4.79 Å². The zero-order valence-corrected chi connectivity index (χ0v) is 16.0. The molecule has 2 aromatic rings. The van der Waals surface area contributed by atoms with Crippen molar-refractivity contribution < 1.29 is 9.53 Å². The Morgan fingerprint density at radius 3 is 2.50 bits per heavy atom. The average Bonchev–Trinajstić information content (AvgIpc) is 2.76. The Labute approximate surface area is 165 Å². The molecule has 0 atom stereocenters. The van der Waals surface area contributed by atoms with Crippen molar-refractivity contribution in [3.05, 3.63) is 43.0 Å². The van der Waals surface area contributed by atoms with E-state index in [1.807, 2.05) is 29.3 Å². The lowest BCUT2D eigenvalue weighted by molar-refractivity contribution is -0.133. The highest BCUT2D eigenvalue weighted by Crippen LogP contribution is 2.17. The van der Waals surface area contributed by atoms with Gasteiger partial charge in [0.1, 0.15) is 11.9 Å². The van der Waals surface area contributed by atoms with E-state index in [2.05, 4.69) is 24.8 Å². The van der Waals surface area contributed by atoms with E-state index in [-0.39, 0.29) is 12.0 Å². The second-order valence-electron chi connectivity index (χ2n) is 7.19. The lowest BCUT2D eigenvalue weighted by Crippen LogP contribution is -2.52. The van der Waals surface area contributed by atoms with Crippen molar-refractivity contribution in [3.8, 4) is 5.88 Å². The molecular formula is C20H26N6O2. The fourth-order valence-corrected chi connectivity index (χ4v) is 3.72. The first-order valence-corrected chi connectivity index (χ1v) is 9.87. The van der Waals surface area contributed by atoms with Gasteiger partial charge in [-0.1, -0.05) is 6.07 Å². The number of aromatic nitrogens is 3. The monoisotopic (exact) mass is 382 g/mol. The highest BCUT2D eigenvalue weighted by atomic mass is 16.5. The van der Waals surface area contributed by atoms with Gasteiger partial charge < -0.3 is 14.5 Å². The van der Waals surface area contributed by atoms with Gasteiger partial charge >= 0.3 is 0 Å². The molecule has 2 aromatic heterocycles. The van der Waals surface area contributed by atoms with Crippen LogP contribution in [-0.4, -0.2) is 82.6 Å². The lowest BCUT2D eigenvalue weighted by atomic mass is 10.1. The molecule has 2 fully saturated rings. The molecule has 8 heteroatoms. The van der Waals surface area contributed by atoms with E-state index in [9.17, 15) is 4.79 Å². The minimum Gasteiger partial charge on any atom is -0.473 e. The summed E-state index contributed by atoms with van der Waals surface area (Å²) >= 11 is 0. The normalized spacial score (nSPS) is 18.9. The molecule has 0 bridgehead atoms. The van der Waals surface area contributed by atoms with Crippen LogP contribution in [0, 0.1) is 0 Å². The summed E-state index contributed by atoms with van der Waals surface area (Å²) in [6.07, 6.45) is 8.66. The van der Waals surface area contributed by atoms with Gasteiger partial charge in [0.2, 0.25) is 11.8 Å². The van der Waals surface area contributed by atoms with Gasteiger partial charge in [-0.25, -0.2) is 9.97 Å². The molecule has 2 saturated heterocycles. The van der Waals surface area contributed by atoms with Crippen molar-refractivity contribution in [2.45, 2.75) is 18.9 Å². The molecule has 148 valence electrons. The van der Waals surface area contributed by atoms with Crippen molar-refractivity contribution in [1.82, 2.24) is 24.8 Å². The Balaban J connectivity index is 1.19. The van der Waals surface area contributed by atoms with Crippen molar-refractivity contribution in [2.75, 3.05) is 50.7 Å². The fourth-order valence-electron chi connectivity index (χ4n) is 3.72. The van der Waals surface area contributed by atoms with Gasteiger partial charge in [0.15, 0.2) is 0 Å².